The molecular formula is C14H17F3N2O3. The highest BCUT2D eigenvalue weighted by Crippen LogP contribution is 2.25. The molecule has 0 heterocycles. The number of hydrogen-bond acceptors (Lipinski definition) is 2. The number of carbonyl (C=O) groups excluding carboxylic acids is 1. The zero-order chi connectivity index (χ0) is 16.6. The Morgan fingerprint density at radius 3 is 2.50 bits per heavy atom. The van der Waals surface area contributed by atoms with E-state index in [2.05, 4.69) is 10.6 Å². The Morgan fingerprint density at radius 2 is 1.86 bits per heavy atom. The van der Waals surface area contributed by atoms with Crippen molar-refractivity contribution in [2.75, 3.05) is 11.9 Å². The Morgan fingerprint density at radius 1 is 1.18 bits per heavy atom. The van der Waals surface area contributed by atoms with Crippen LogP contribution in [0.25, 0.3) is 0 Å². The van der Waals surface area contributed by atoms with Crippen LogP contribution >= 0.6 is 0 Å². The minimum Gasteiger partial charge on any atom is -0.481 e. The lowest BCUT2D eigenvalue weighted by Crippen LogP contribution is -2.30. The topological polar surface area (TPSA) is 78.4 Å². The molecule has 8 heteroatoms. The second-order valence-corrected chi connectivity index (χ2v) is 4.65. The van der Waals surface area contributed by atoms with Crippen LogP contribution in [0.1, 0.15) is 24.8 Å². The number of carbonyl (C=O) groups is 2. The third-order valence-corrected chi connectivity index (χ3v) is 2.80. The molecule has 0 unspecified atom stereocenters. The number of hydrogen-bond donors (Lipinski definition) is 3. The van der Waals surface area contributed by atoms with Gasteiger partial charge in [0.05, 0.1) is 0 Å². The van der Waals surface area contributed by atoms with Crippen molar-refractivity contribution in [1.29, 1.82) is 0 Å². The zero-order valence-electron chi connectivity index (χ0n) is 11.7. The first-order valence-corrected chi connectivity index (χ1v) is 6.69. The molecule has 0 aromatic heterocycles. The number of nitrogens with one attached hydrogen (secondary N) is 2. The first-order valence-electron chi connectivity index (χ1n) is 6.69. The van der Waals surface area contributed by atoms with Crippen LogP contribution in [-0.2, 0) is 11.2 Å². The number of rotatable bonds is 7. The highest BCUT2D eigenvalue weighted by Gasteiger charge is 2.26. The number of benzene rings is 1. The van der Waals surface area contributed by atoms with Gasteiger partial charge in [-0.1, -0.05) is 18.2 Å². The molecule has 3 N–H and O–H groups in total. The first kappa shape index (κ1) is 17.8. The third-order valence-electron chi connectivity index (χ3n) is 2.80. The van der Waals surface area contributed by atoms with Gasteiger partial charge < -0.3 is 15.7 Å². The van der Waals surface area contributed by atoms with Gasteiger partial charge in [0.2, 0.25) is 0 Å². The maximum atomic E-state index is 12.3. The van der Waals surface area contributed by atoms with Crippen molar-refractivity contribution >= 4 is 17.7 Å². The van der Waals surface area contributed by atoms with Crippen molar-refractivity contribution in [3.63, 3.8) is 0 Å². The molecule has 0 fully saturated rings. The van der Waals surface area contributed by atoms with Gasteiger partial charge >= 0.3 is 18.2 Å². The van der Waals surface area contributed by atoms with Gasteiger partial charge in [-0.25, -0.2) is 4.79 Å². The summed E-state index contributed by atoms with van der Waals surface area (Å²) < 4.78 is 36.8. The van der Waals surface area contributed by atoms with Gasteiger partial charge in [0.1, 0.15) is 0 Å². The number of carboxylic acids is 1. The van der Waals surface area contributed by atoms with Gasteiger partial charge in [0.25, 0.3) is 0 Å². The average molecular weight is 318 g/mol. The lowest BCUT2D eigenvalue weighted by molar-refractivity contribution is -0.137. The largest absolute Gasteiger partial charge is 0.481 e. The summed E-state index contributed by atoms with van der Waals surface area (Å²) in [6.07, 6.45) is -5.24. The van der Waals surface area contributed by atoms with Gasteiger partial charge in [0.15, 0.2) is 0 Å². The van der Waals surface area contributed by atoms with Gasteiger partial charge in [-0.05, 0) is 24.5 Å². The standard InChI is InChI=1S/C14H17F3N2O3/c15-14(16,17)8-7-10-4-1-2-5-11(10)19-13(22)18-9-3-6-12(20)21/h1-2,4-5H,3,6-9H2,(H,20,21)(H2,18,19,22). The molecule has 0 spiro atoms. The Hall–Kier alpha value is -2.25. The molecule has 0 aliphatic carbocycles. The summed E-state index contributed by atoms with van der Waals surface area (Å²) in [5, 5.41) is 13.4. The van der Waals surface area contributed by atoms with Crippen LogP contribution in [0.15, 0.2) is 24.3 Å². The Kier molecular flexibility index (Phi) is 6.68. The van der Waals surface area contributed by atoms with Gasteiger partial charge in [0, 0.05) is 25.1 Å². The van der Waals surface area contributed by atoms with Crippen LogP contribution in [0.5, 0.6) is 0 Å². The monoisotopic (exact) mass is 318 g/mol. The average Bonchev–Trinajstić information content (AvgIpc) is 2.41. The summed E-state index contributed by atoms with van der Waals surface area (Å²) in [4.78, 5) is 21.9. The molecule has 0 saturated heterocycles. The number of aryl methyl sites for hydroxylation is 1. The quantitative estimate of drug-likeness (QED) is 0.676. The molecule has 0 radical (unpaired) electrons. The molecule has 22 heavy (non-hydrogen) atoms. The van der Waals surface area contributed by atoms with E-state index in [9.17, 15) is 22.8 Å². The van der Waals surface area contributed by atoms with Gasteiger partial charge in [-0.15, -0.1) is 0 Å². The Labute approximate surface area is 125 Å². The summed E-state index contributed by atoms with van der Waals surface area (Å²) in [5.74, 6) is -0.959. The van der Waals surface area contributed by atoms with E-state index >= 15 is 0 Å². The van der Waals surface area contributed by atoms with E-state index in [4.69, 9.17) is 5.11 Å². The minimum absolute atomic E-state index is 0.0670. The molecule has 1 aromatic rings. The van der Waals surface area contributed by atoms with E-state index in [-0.39, 0.29) is 25.8 Å². The van der Waals surface area contributed by atoms with Crippen molar-refractivity contribution in [3.05, 3.63) is 29.8 Å². The fraction of sp³-hybridized carbons (Fsp3) is 0.429. The number of amides is 2. The summed E-state index contributed by atoms with van der Waals surface area (Å²) in [6.45, 7) is 0.169. The maximum absolute atomic E-state index is 12.3. The van der Waals surface area contributed by atoms with E-state index in [1.165, 1.54) is 12.1 Å². The lowest BCUT2D eigenvalue weighted by atomic mass is 10.1. The molecule has 0 aliphatic heterocycles. The molecular weight excluding hydrogens is 301 g/mol. The van der Waals surface area contributed by atoms with Crippen LogP contribution in [0.2, 0.25) is 0 Å². The first-order chi connectivity index (χ1) is 10.3. The molecule has 0 atom stereocenters. The predicted molar refractivity (Wildman–Crippen MR) is 74.7 cm³/mol. The van der Waals surface area contributed by atoms with Gasteiger partial charge in [-0.3, -0.25) is 4.79 Å². The Bertz CT molecular complexity index is 518. The van der Waals surface area contributed by atoms with E-state index in [1.54, 1.807) is 12.1 Å². The van der Waals surface area contributed by atoms with E-state index in [0.717, 1.165) is 0 Å². The number of para-hydroxylation sites is 1. The van der Waals surface area contributed by atoms with Crippen LogP contribution in [0.4, 0.5) is 23.7 Å². The second-order valence-electron chi connectivity index (χ2n) is 4.65. The normalized spacial score (nSPS) is 11.0. The maximum Gasteiger partial charge on any atom is 0.389 e. The number of carboxylic acid groups (broad SMARTS) is 1. The van der Waals surface area contributed by atoms with Crippen LogP contribution in [0.3, 0.4) is 0 Å². The van der Waals surface area contributed by atoms with Crippen molar-refractivity contribution in [3.8, 4) is 0 Å². The van der Waals surface area contributed by atoms with Crippen molar-refractivity contribution in [2.24, 2.45) is 0 Å². The highest BCUT2D eigenvalue weighted by molar-refractivity contribution is 5.90. The Balaban J connectivity index is 2.50. The van der Waals surface area contributed by atoms with Crippen LogP contribution in [-0.4, -0.2) is 29.8 Å². The van der Waals surface area contributed by atoms with Crippen molar-refractivity contribution < 1.29 is 27.9 Å². The summed E-state index contributed by atoms with van der Waals surface area (Å²) >= 11 is 0. The third kappa shape index (κ3) is 7.51. The fourth-order valence-corrected chi connectivity index (χ4v) is 1.74. The number of urea groups is 1. The molecule has 1 rings (SSSR count). The highest BCUT2D eigenvalue weighted by atomic mass is 19.4. The minimum atomic E-state index is -4.26. The predicted octanol–water partition coefficient (Wildman–Crippen LogP) is 3.17. The summed E-state index contributed by atoms with van der Waals surface area (Å²) in [7, 11) is 0. The zero-order valence-corrected chi connectivity index (χ0v) is 11.7. The smallest absolute Gasteiger partial charge is 0.389 e. The second kappa shape index (κ2) is 8.26. The molecule has 122 valence electrons. The molecule has 1 aromatic carbocycles. The van der Waals surface area contributed by atoms with E-state index < -0.39 is 24.6 Å². The van der Waals surface area contributed by atoms with Crippen molar-refractivity contribution in [2.45, 2.75) is 31.9 Å². The number of alkyl halides is 3. The fourth-order valence-electron chi connectivity index (χ4n) is 1.74. The lowest BCUT2D eigenvalue weighted by Gasteiger charge is -2.12. The van der Waals surface area contributed by atoms with Crippen LogP contribution in [0, 0.1) is 0 Å². The molecule has 2 amide bonds. The SMILES string of the molecule is O=C(O)CCCNC(=O)Nc1ccccc1CCC(F)(F)F. The van der Waals surface area contributed by atoms with Crippen LogP contribution < -0.4 is 10.6 Å². The van der Waals surface area contributed by atoms with Gasteiger partial charge in [-0.2, -0.15) is 13.2 Å². The summed E-state index contributed by atoms with van der Waals surface area (Å²) in [6, 6.07) is 5.66. The summed E-state index contributed by atoms with van der Waals surface area (Å²) in [5.41, 5.74) is 0.697. The van der Waals surface area contributed by atoms with Crippen molar-refractivity contribution in [1.82, 2.24) is 5.32 Å². The number of anilines is 1. The molecule has 0 saturated carbocycles. The number of aliphatic carboxylic acids is 1. The molecule has 5 nitrogen and oxygen atoms in total. The molecule has 0 aliphatic rings. The van der Waals surface area contributed by atoms with E-state index in [1.807, 2.05) is 0 Å². The number of halogens is 3. The molecule has 0 bridgehead atoms. The van der Waals surface area contributed by atoms with E-state index in [0.29, 0.717) is 11.3 Å².